The van der Waals surface area contributed by atoms with Crippen LogP contribution in [0.2, 0.25) is 0 Å². The minimum atomic E-state index is -0.455. The summed E-state index contributed by atoms with van der Waals surface area (Å²) in [6.45, 7) is 5.30. The first kappa shape index (κ1) is 18.2. The molecule has 2 amide bonds. The van der Waals surface area contributed by atoms with Gasteiger partial charge in [-0.15, -0.1) is 0 Å². The Morgan fingerprint density at radius 1 is 1.22 bits per heavy atom. The van der Waals surface area contributed by atoms with Gasteiger partial charge in [-0.2, -0.15) is 5.26 Å². The topological polar surface area (TPSA) is 94.0 Å². The van der Waals surface area contributed by atoms with Crippen molar-refractivity contribution >= 4 is 18.0 Å². The van der Waals surface area contributed by atoms with Gasteiger partial charge in [-0.3, -0.25) is 9.59 Å². The molecule has 0 atom stereocenters. The molecule has 1 rings (SSSR count). The number of carbonyl (C=O) groups excluding carboxylic acids is 2. The Morgan fingerprint density at radius 3 is 2.43 bits per heavy atom. The Hall–Kier alpha value is -2.81. The van der Waals surface area contributed by atoms with Crippen molar-refractivity contribution in [3.8, 4) is 6.07 Å². The van der Waals surface area contributed by atoms with Crippen LogP contribution in [0.15, 0.2) is 36.0 Å². The monoisotopic (exact) mass is 314 g/mol. The van der Waals surface area contributed by atoms with Gasteiger partial charge in [-0.25, -0.2) is 0 Å². The number of hydrogen-bond acceptors (Lipinski definition) is 4. The fourth-order valence-electron chi connectivity index (χ4n) is 1.82. The number of carbonyl (C=O) groups is 2. The fourth-order valence-corrected chi connectivity index (χ4v) is 1.82. The van der Waals surface area contributed by atoms with Gasteiger partial charge in [0.15, 0.2) is 0 Å². The van der Waals surface area contributed by atoms with Crippen LogP contribution in [-0.2, 0) is 9.59 Å². The van der Waals surface area contributed by atoms with Crippen molar-refractivity contribution in [2.45, 2.75) is 26.2 Å². The smallest absolute Gasteiger partial charge is 0.267 e. The summed E-state index contributed by atoms with van der Waals surface area (Å²) in [4.78, 5) is 22.1. The van der Waals surface area contributed by atoms with E-state index in [4.69, 9.17) is 5.26 Å². The van der Waals surface area contributed by atoms with E-state index in [0.717, 1.165) is 0 Å². The van der Waals surface area contributed by atoms with E-state index in [1.54, 1.807) is 0 Å². The Labute approximate surface area is 136 Å². The van der Waals surface area contributed by atoms with Crippen LogP contribution in [0.3, 0.4) is 0 Å². The quantitative estimate of drug-likeness (QED) is 0.281. The van der Waals surface area contributed by atoms with Crippen LogP contribution in [0.25, 0.3) is 0 Å². The lowest BCUT2D eigenvalue weighted by molar-refractivity contribution is -0.112. The number of benzene rings is 1. The lowest BCUT2D eigenvalue weighted by Gasteiger charge is -2.08. The van der Waals surface area contributed by atoms with Gasteiger partial charge in [-0.1, -0.05) is 26.0 Å². The van der Waals surface area contributed by atoms with Gasteiger partial charge in [0.05, 0.1) is 0 Å². The Balaban J connectivity index is 2.52. The van der Waals surface area contributed by atoms with E-state index in [0.29, 0.717) is 37.5 Å². The van der Waals surface area contributed by atoms with E-state index in [-0.39, 0.29) is 5.57 Å². The third-order valence-corrected chi connectivity index (χ3v) is 3.17. The number of amides is 2. The first-order valence-electron chi connectivity index (χ1n) is 7.50. The van der Waals surface area contributed by atoms with Crippen LogP contribution in [0, 0.1) is 11.3 Å². The second-order valence-corrected chi connectivity index (χ2v) is 5.28. The van der Waals surface area contributed by atoms with Crippen molar-refractivity contribution in [3.63, 3.8) is 0 Å². The molecule has 0 fully saturated rings. The highest BCUT2D eigenvalue weighted by atomic mass is 16.1. The molecule has 122 valence electrons. The zero-order valence-electron chi connectivity index (χ0n) is 13.4. The summed E-state index contributed by atoms with van der Waals surface area (Å²) in [7, 11) is 0. The first-order chi connectivity index (χ1) is 11.1. The van der Waals surface area contributed by atoms with E-state index in [1.807, 2.05) is 30.3 Å². The minimum Gasteiger partial charge on any atom is -0.390 e. The zero-order valence-corrected chi connectivity index (χ0v) is 13.4. The van der Waals surface area contributed by atoms with Gasteiger partial charge < -0.3 is 16.0 Å². The molecule has 0 aliphatic carbocycles. The number of rotatable bonds is 9. The average Bonchev–Trinajstić information content (AvgIpc) is 2.54. The van der Waals surface area contributed by atoms with Gasteiger partial charge >= 0.3 is 0 Å². The zero-order chi connectivity index (χ0) is 17.1. The Morgan fingerprint density at radius 2 is 1.87 bits per heavy atom. The molecule has 23 heavy (non-hydrogen) atoms. The summed E-state index contributed by atoms with van der Waals surface area (Å²) in [6, 6.07) is 9.41. The van der Waals surface area contributed by atoms with Crippen LogP contribution in [-0.4, -0.2) is 25.4 Å². The van der Waals surface area contributed by atoms with Crippen molar-refractivity contribution in [2.75, 3.05) is 18.4 Å². The van der Waals surface area contributed by atoms with Crippen LogP contribution < -0.4 is 16.0 Å². The van der Waals surface area contributed by atoms with Crippen molar-refractivity contribution in [2.24, 2.45) is 0 Å². The van der Waals surface area contributed by atoms with Gasteiger partial charge in [0.2, 0.25) is 6.41 Å². The predicted molar refractivity (Wildman–Crippen MR) is 89.5 cm³/mol. The highest BCUT2D eigenvalue weighted by Crippen LogP contribution is 2.17. The lowest BCUT2D eigenvalue weighted by atomic mass is 10.0. The maximum atomic E-state index is 12.0. The molecule has 0 saturated carbocycles. The molecule has 0 aliphatic heterocycles. The lowest BCUT2D eigenvalue weighted by Crippen LogP contribution is -2.20. The minimum absolute atomic E-state index is 0.00119. The largest absolute Gasteiger partial charge is 0.390 e. The van der Waals surface area contributed by atoms with Gasteiger partial charge in [0, 0.05) is 25.0 Å². The molecule has 0 saturated heterocycles. The summed E-state index contributed by atoms with van der Waals surface area (Å²) >= 11 is 0. The average molecular weight is 314 g/mol. The molecule has 6 nitrogen and oxygen atoms in total. The predicted octanol–water partition coefficient (Wildman–Crippen LogP) is 1.88. The van der Waals surface area contributed by atoms with Crippen LogP contribution in [0.1, 0.15) is 31.7 Å². The number of nitriles is 1. The van der Waals surface area contributed by atoms with Crippen molar-refractivity contribution in [1.29, 1.82) is 5.26 Å². The molecular weight excluding hydrogens is 292 g/mol. The molecule has 0 unspecified atom stereocenters. The standard InChI is InChI=1S/C17H22N4O2/c1-13(2)14-4-6-16(7-5-14)21-17(23)15(10-18)11-19-8-3-9-20-12-22/h4-7,11-13,19H,3,8-9H2,1-2H3,(H,20,22)(H,21,23)/b15-11-. The second kappa shape index (κ2) is 10.0. The number of anilines is 1. The molecule has 6 heteroatoms. The van der Waals surface area contributed by atoms with Gasteiger partial charge in [0.1, 0.15) is 11.6 Å². The second-order valence-electron chi connectivity index (χ2n) is 5.28. The third-order valence-electron chi connectivity index (χ3n) is 3.17. The molecular formula is C17H22N4O2. The highest BCUT2D eigenvalue weighted by molar-refractivity contribution is 6.06. The number of hydrogen-bond donors (Lipinski definition) is 3. The Kier molecular flexibility index (Phi) is 7.94. The molecule has 0 bridgehead atoms. The maximum Gasteiger partial charge on any atom is 0.267 e. The molecule has 0 spiro atoms. The maximum absolute atomic E-state index is 12.0. The summed E-state index contributed by atoms with van der Waals surface area (Å²) in [6.07, 6.45) is 2.72. The first-order valence-corrected chi connectivity index (χ1v) is 7.50. The molecule has 3 N–H and O–H groups in total. The van der Waals surface area contributed by atoms with E-state index in [1.165, 1.54) is 11.8 Å². The summed E-state index contributed by atoms with van der Waals surface area (Å²) in [5.74, 6) is -0.0319. The van der Waals surface area contributed by atoms with Crippen molar-refractivity contribution in [3.05, 3.63) is 41.6 Å². The van der Waals surface area contributed by atoms with E-state index < -0.39 is 5.91 Å². The van der Waals surface area contributed by atoms with E-state index in [2.05, 4.69) is 29.8 Å². The number of nitrogens with one attached hydrogen (secondary N) is 3. The summed E-state index contributed by atoms with van der Waals surface area (Å²) < 4.78 is 0. The van der Waals surface area contributed by atoms with Gasteiger partial charge in [0.25, 0.3) is 5.91 Å². The molecule has 1 aromatic carbocycles. The van der Waals surface area contributed by atoms with E-state index >= 15 is 0 Å². The fraction of sp³-hybridized carbons (Fsp3) is 0.353. The Bertz CT molecular complexity index is 586. The molecule has 0 radical (unpaired) electrons. The summed E-state index contributed by atoms with van der Waals surface area (Å²) in [5, 5.41) is 17.2. The van der Waals surface area contributed by atoms with Crippen molar-refractivity contribution < 1.29 is 9.59 Å². The van der Waals surface area contributed by atoms with Crippen LogP contribution >= 0.6 is 0 Å². The summed E-state index contributed by atoms with van der Waals surface area (Å²) in [5.41, 5.74) is 1.83. The normalized spacial score (nSPS) is 10.8. The highest BCUT2D eigenvalue weighted by Gasteiger charge is 2.09. The molecule has 0 aliphatic rings. The third kappa shape index (κ3) is 6.66. The van der Waals surface area contributed by atoms with Gasteiger partial charge in [-0.05, 0) is 30.0 Å². The SMILES string of the molecule is CC(C)c1ccc(NC(=O)/C(C#N)=C\NCCCNC=O)cc1. The van der Waals surface area contributed by atoms with Crippen LogP contribution in [0.4, 0.5) is 5.69 Å². The molecule has 0 aromatic heterocycles. The van der Waals surface area contributed by atoms with Crippen LogP contribution in [0.5, 0.6) is 0 Å². The molecule has 0 heterocycles. The molecule has 1 aromatic rings. The van der Waals surface area contributed by atoms with E-state index in [9.17, 15) is 9.59 Å². The number of nitrogens with zero attached hydrogens (tertiary/aromatic N) is 1. The van der Waals surface area contributed by atoms with Crippen molar-refractivity contribution in [1.82, 2.24) is 10.6 Å².